The second-order valence-corrected chi connectivity index (χ2v) is 8.62. The average molecular weight is 513 g/mol. The number of carbonyl (C=O) groups excluding carboxylic acids is 1. The summed E-state index contributed by atoms with van der Waals surface area (Å²) in [5.74, 6) is -0.455. The van der Waals surface area contributed by atoms with Gasteiger partial charge < -0.3 is 15.0 Å². The summed E-state index contributed by atoms with van der Waals surface area (Å²) in [7, 11) is 0. The highest BCUT2D eigenvalue weighted by Crippen LogP contribution is 2.32. The van der Waals surface area contributed by atoms with E-state index in [-0.39, 0.29) is 11.3 Å². The van der Waals surface area contributed by atoms with E-state index >= 15 is 0 Å². The molecule has 0 radical (unpaired) electrons. The third kappa shape index (κ3) is 5.73. The molecule has 1 aliphatic heterocycles. The van der Waals surface area contributed by atoms with Crippen LogP contribution in [0.25, 0.3) is 11.3 Å². The highest BCUT2D eigenvalue weighted by atomic mass is 19.3. The quantitative estimate of drug-likeness (QED) is 0.371. The van der Waals surface area contributed by atoms with Crippen molar-refractivity contribution < 1.29 is 27.1 Å². The van der Waals surface area contributed by atoms with E-state index < -0.39 is 29.0 Å². The fourth-order valence-electron chi connectivity index (χ4n) is 4.01. The molecule has 1 N–H and O–H groups in total. The number of aryl methyl sites for hydroxylation is 1. The number of amides is 1. The lowest BCUT2D eigenvalue weighted by atomic mass is 10.0. The summed E-state index contributed by atoms with van der Waals surface area (Å²) in [4.78, 5) is 14.8. The Labute approximate surface area is 211 Å². The van der Waals surface area contributed by atoms with E-state index in [2.05, 4.69) is 32.3 Å². The van der Waals surface area contributed by atoms with E-state index in [4.69, 9.17) is 4.74 Å². The molecule has 1 amide bonds. The van der Waals surface area contributed by atoms with E-state index in [9.17, 15) is 22.4 Å². The Bertz CT molecular complexity index is 1400. The van der Waals surface area contributed by atoms with Crippen LogP contribution in [0.5, 0.6) is 0 Å². The second-order valence-electron chi connectivity index (χ2n) is 8.62. The van der Waals surface area contributed by atoms with Crippen molar-refractivity contribution in [3.63, 3.8) is 0 Å². The molecular weight excluding hydrogens is 488 g/mol. The number of alkyl halides is 2. The van der Waals surface area contributed by atoms with Crippen LogP contribution in [-0.2, 0) is 10.7 Å². The molecule has 0 bridgehead atoms. The zero-order valence-electron chi connectivity index (χ0n) is 20.5. The summed E-state index contributed by atoms with van der Waals surface area (Å²) in [6.45, 7) is 6.31. The third-order valence-corrected chi connectivity index (χ3v) is 5.91. The van der Waals surface area contributed by atoms with Crippen molar-refractivity contribution in [1.29, 1.82) is 0 Å². The number of rotatable bonds is 5. The van der Waals surface area contributed by atoms with Gasteiger partial charge >= 0.3 is 0 Å². The predicted octanol–water partition coefficient (Wildman–Crippen LogP) is 5.30. The van der Waals surface area contributed by atoms with Crippen molar-refractivity contribution in [3.8, 4) is 23.1 Å². The SMILES string of the molecule is CC#Cc1nnc(-c2cc(NC(=O)c3ccc(F)c(C(C)(F)F)c3)c(F)cc2C)cc1N1CCOCC1. The number of hydrogen-bond donors (Lipinski definition) is 1. The molecule has 1 fully saturated rings. The molecule has 2 aromatic carbocycles. The monoisotopic (exact) mass is 512 g/mol. The molecule has 1 aromatic heterocycles. The summed E-state index contributed by atoms with van der Waals surface area (Å²) in [6.07, 6.45) is 0. The maximum Gasteiger partial charge on any atom is 0.273 e. The first-order valence-corrected chi connectivity index (χ1v) is 11.5. The van der Waals surface area contributed by atoms with Crippen molar-refractivity contribution in [3.05, 3.63) is 70.4 Å². The Morgan fingerprint density at radius 2 is 1.81 bits per heavy atom. The van der Waals surface area contributed by atoms with E-state index in [1.165, 1.54) is 12.1 Å². The van der Waals surface area contributed by atoms with Crippen LogP contribution >= 0.6 is 0 Å². The van der Waals surface area contributed by atoms with E-state index in [0.717, 1.165) is 23.9 Å². The van der Waals surface area contributed by atoms with E-state index in [1.54, 1.807) is 19.9 Å². The highest BCUT2D eigenvalue weighted by molar-refractivity contribution is 6.04. The second kappa shape index (κ2) is 10.6. The Kier molecular flexibility index (Phi) is 7.45. The molecule has 1 saturated heterocycles. The molecule has 10 heteroatoms. The first-order valence-electron chi connectivity index (χ1n) is 11.5. The summed E-state index contributed by atoms with van der Waals surface area (Å²) in [6, 6.07) is 7.03. The Morgan fingerprint density at radius 3 is 2.49 bits per heavy atom. The van der Waals surface area contributed by atoms with Crippen LogP contribution in [0.2, 0.25) is 0 Å². The van der Waals surface area contributed by atoms with Crippen molar-refractivity contribution >= 4 is 17.3 Å². The number of morpholine rings is 1. The zero-order chi connectivity index (χ0) is 26.7. The number of ether oxygens (including phenoxy) is 1. The number of carbonyl (C=O) groups is 1. The predicted molar refractivity (Wildman–Crippen MR) is 132 cm³/mol. The van der Waals surface area contributed by atoms with Crippen LogP contribution in [0.1, 0.15) is 41.0 Å². The Hall–Kier alpha value is -3.97. The number of aromatic nitrogens is 2. The number of nitrogens with one attached hydrogen (secondary N) is 1. The minimum absolute atomic E-state index is 0.188. The molecule has 192 valence electrons. The molecule has 0 spiro atoms. The zero-order valence-corrected chi connectivity index (χ0v) is 20.5. The van der Waals surface area contributed by atoms with E-state index in [0.29, 0.717) is 55.7 Å². The maximum absolute atomic E-state index is 14.8. The van der Waals surface area contributed by atoms with Crippen LogP contribution in [0.15, 0.2) is 36.4 Å². The molecule has 0 atom stereocenters. The van der Waals surface area contributed by atoms with Gasteiger partial charge in [-0.2, -0.15) is 0 Å². The fraction of sp³-hybridized carbons (Fsp3) is 0.296. The molecule has 6 nitrogen and oxygen atoms in total. The van der Waals surface area contributed by atoms with Gasteiger partial charge in [0, 0.05) is 31.1 Å². The lowest BCUT2D eigenvalue weighted by Gasteiger charge is -2.29. The summed E-state index contributed by atoms with van der Waals surface area (Å²) < 4.78 is 61.5. The number of halogens is 4. The number of hydrogen-bond acceptors (Lipinski definition) is 5. The van der Waals surface area contributed by atoms with Crippen molar-refractivity contribution in [2.24, 2.45) is 0 Å². The van der Waals surface area contributed by atoms with Crippen molar-refractivity contribution in [1.82, 2.24) is 10.2 Å². The lowest BCUT2D eigenvalue weighted by molar-refractivity contribution is 0.0137. The Balaban J connectivity index is 1.70. The minimum Gasteiger partial charge on any atom is -0.378 e. The average Bonchev–Trinajstić information content (AvgIpc) is 2.86. The van der Waals surface area contributed by atoms with Gasteiger partial charge in [0.25, 0.3) is 11.8 Å². The fourth-order valence-corrected chi connectivity index (χ4v) is 4.01. The lowest BCUT2D eigenvalue weighted by Crippen LogP contribution is -2.36. The first kappa shape index (κ1) is 26.1. The molecule has 3 aromatic rings. The minimum atomic E-state index is -3.49. The molecule has 0 aliphatic carbocycles. The van der Waals surface area contributed by atoms with Gasteiger partial charge in [-0.15, -0.1) is 10.2 Å². The largest absolute Gasteiger partial charge is 0.378 e. The van der Waals surface area contributed by atoms with Gasteiger partial charge in [-0.1, -0.05) is 5.92 Å². The summed E-state index contributed by atoms with van der Waals surface area (Å²) >= 11 is 0. The van der Waals surface area contributed by atoms with Crippen LogP contribution in [0.3, 0.4) is 0 Å². The molecular formula is C27H24F4N4O2. The normalized spacial score (nSPS) is 13.6. The van der Waals surface area contributed by atoms with Gasteiger partial charge in [0.2, 0.25) is 0 Å². The van der Waals surface area contributed by atoms with Gasteiger partial charge in [0.15, 0.2) is 5.69 Å². The van der Waals surface area contributed by atoms with Crippen molar-refractivity contribution in [2.45, 2.75) is 26.7 Å². The molecule has 0 saturated carbocycles. The molecule has 4 rings (SSSR count). The van der Waals surface area contributed by atoms with Crippen LogP contribution in [0, 0.1) is 30.4 Å². The van der Waals surface area contributed by atoms with Gasteiger partial charge in [0.1, 0.15) is 11.6 Å². The smallest absolute Gasteiger partial charge is 0.273 e. The number of anilines is 2. The molecule has 37 heavy (non-hydrogen) atoms. The molecule has 2 heterocycles. The van der Waals surface area contributed by atoms with Gasteiger partial charge in [0.05, 0.1) is 35.8 Å². The standard InChI is InChI=1S/C27H24F4N4O2/c1-4-5-22-25(35-8-10-37-11-9-35)15-23(34-33-22)18-14-24(21(29)12-16(18)2)32-26(36)17-6-7-20(28)19(13-17)27(3,30)31/h6-7,12-15H,8-11H2,1-3H3,(H,32,36). The maximum atomic E-state index is 14.8. The summed E-state index contributed by atoms with van der Waals surface area (Å²) in [5, 5.41) is 10.9. The topological polar surface area (TPSA) is 67.4 Å². The molecule has 1 aliphatic rings. The third-order valence-electron chi connectivity index (χ3n) is 5.91. The van der Waals surface area contributed by atoms with Gasteiger partial charge in [-0.25, -0.2) is 17.6 Å². The highest BCUT2D eigenvalue weighted by Gasteiger charge is 2.29. The van der Waals surface area contributed by atoms with Crippen LogP contribution < -0.4 is 10.2 Å². The van der Waals surface area contributed by atoms with Gasteiger partial charge in [-0.05, 0) is 61.7 Å². The molecule has 0 unspecified atom stereocenters. The first-order chi connectivity index (χ1) is 17.6. The van der Waals surface area contributed by atoms with Crippen LogP contribution in [0.4, 0.5) is 28.9 Å². The Morgan fingerprint density at radius 1 is 1.08 bits per heavy atom. The summed E-state index contributed by atoms with van der Waals surface area (Å²) in [5.41, 5.74) is 1.40. The number of benzene rings is 2. The van der Waals surface area contributed by atoms with Gasteiger partial charge in [-0.3, -0.25) is 4.79 Å². The van der Waals surface area contributed by atoms with E-state index in [1.807, 2.05) is 0 Å². The number of nitrogens with zero attached hydrogens (tertiary/aromatic N) is 3. The van der Waals surface area contributed by atoms with Crippen LogP contribution in [-0.4, -0.2) is 42.4 Å². The van der Waals surface area contributed by atoms with Crippen molar-refractivity contribution in [2.75, 3.05) is 36.5 Å².